The minimum atomic E-state index is 0.160. The largest absolute Gasteiger partial charge is 0.378 e. The Kier molecular flexibility index (Phi) is 6.70. The standard InChI is InChI=1S/C14H26O2/c1-3-4-5-6-7-8-9-14(15)13-10-11-16-12(13)2/h12-13H,3-11H2,1-2H3. The van der Waals surface area contributed by atoms with Gasteiger partial charge in [-0.25, -0.2) is 0 Å². The second-order valence-corrected chi connectivity index (χ2v) is 4.96. The summed E-state index contributed by atoms with van der Waals surface area (Å²) in [6.07, 6.45) is 9.40. The second-order valence-electron chi connectivity index (χ2n) is 4.96. The van der Waals surface area contributed by atoms with Crippen LogP contribution in [0, 0.1) is 5.92 Å². The van der Waals surface area contributed by atoms with E-state index in [-0.39, 0.29) is 12.0 Å². The van der Waals surface area contributed by atoms with Crippen molar-refractivity contribution in [3.63, 3.8) is 0 Å². The van der Waals surface area contributed by atoms with Crippen molar-refractivity contribution >= 4 is 5.78 Å². The van der Waals surface area contributed by atoms with Gasteiger partial charge in [0.05, 0.1) is 6.10 Å². The van der Waals surface area contributed by atoms with Crippen molar-refractivity contribution in [3.8, 4) is 0 Å². The van der Waals surface area contributed by atoms with Crippen LogP contribution in [0.2, 0.25) is 0 Å². The Hall–Kier alpha value is -0.370. The summed E-state index contributed by atoms with van der Waals surface area (Å²) in [5, 5.41) is 0. The molecule has 16 heavy (non-hydrogen) atoms. The number of hydrogen-bond donors (Lipinski definition) is 0. The van der Waals surface area contributed by atoms with E-state index in [1.165, 1.54) is 32.1 Å². The van der Waals surface area contributed by atoms with Gasteiger partial charge in [0.25, 0.3) is 0 Å². The molecule has 0 aromatic heterocycles. The van der Waals surface area contributed by atoms with Crippen LogP contribution in [-0.4, -0.2) is 18.5 Å². The molecule has 0 aromatic carbocycles. The third kappa shape index (κ3) is 4.65. The van der Waals surface area contributed by atoms with E-state index in [0.717, 1.165) is 25.9 Å². The van der Waals surface area contributed by atoms with Crippen molar-refractivity contribution in [2.45, 2.75) is 71.3 Å². The highest BCUT2D eigenvalue weighted by Gasteiger charge is 2.29. The van der Waals surface area contributed by atoms with E-state index >= 15 is 0 Å². The highest BCUT2D eigenvalue weighted by molar-refractivity contribution is 5.81. The first-order chi connectivity index (χ1) is 7.75. The van der Waals surface area contributed by atoms with Crippen LogP contribution in [0.4, 0.5) is 0 Å². The van der Waals surface area contributed by atoms with Gasteiger partial charge in [-0.15, -0.1) is 0 Å². The maximum atomic E-state index is 11.9. The molecular weight excluding hydrogens is 200 g/mol. The van der Waals surface area contributed by atoms with Crippen molar-refractivity contribution in [1.82, 2.24) is 0 Å². The molecule has 0 saturated carbocycles. The Bertz CT molecular complexity index is 201. The van der Waals surface area contributed by atoms with Gasteiger partial charge in [-0.1, -0.05) is 39.0 Å². The quantitative estimate of drug-likeness (QED) is 0.589. The number of Topliss-reactive ketones (excluding diaryl/α,β-unsaturated/α-hetero) is 1. The van der Waals surface area contributed by atoms with Crippen molar-refractivity contribution in [1.29, 1.82) is 0 Å². The topological polar surface area (TPSA) is 26.3 Å². The summed E-state index contributed by atoms with van der Waals surface area (Å²) in [6, 6.07) is 0. The number of ketones is 1. The minimum Gasteiger partial charge on any atom is -0.378 e. The zero-order chi connectivity index (χ0) is 11.8. The summed E-state index contributed by atoms with van der Waals surface area (Å²) in [6.45, 7) is 5.02. The van der Waals surface area contributed by atoms with Gasteiger partial charge in [0, 0.05) is 18.9 Å². The van der Waals surface area contributed by atoms with Crippen LogP contribution >= 0.6 is 0 Å². The van der Waals surface area contributed by atoms with Gasteiger partial charge in [0.15, 0.2) is 0 Å². The monoisotopic (exact) mass is 226 g/mol. The second kappa shape index (κ2) is 7.83. The molecule has 2 unspecified atom stereocenters. The highest BCUT2D eigenvalue weighted by Crippen LogP contribution is 2.23. The first kappa shape index (κ1) is 13.7. The molecule has 1 aliphatic rings. The average molecular weight is 226 g/mol. The first-order valence-electron chi connectivity index (χ1n) is 6.90. The molecule has 0 amide bonds. The van der Waals surface area contributed by atoms with E-state index in [1.54, 1.807) is 0 Å². The Morgan fingerprint density at radius 1 is 1.19 bits per heavy atom. The Labute approximate surface area is 99.8 Å². The van der Waals surface area contributed by atoms with Gasteiger partial charge in [-0.2, -0.15) is 0 Å². The predicted octanol–water partition coefficient (Wildman–Crippen LogP) is 3.73. The molecule has 1 heterocycles. The van der Waals surface area contributed by atoms with E-state index in [2.05, 4.69) is 6.92 Å². The van der Waals surface area contributed by atoms with Crippen molar-refractivity contribution in [2.75, 3.05) is 6.61 Å². The molecule has 2 heteroatoms. The summed E-state index contributed by atoms with van der Waals surface area (Å²) in [4.78, 5) is 11.9. The number of rotatable bonds is 8. The summed E-state index contributed by atoms with van der Waals surface area (Å²) < 4.78 is 5.43. The zero-order valence-corrected chi connectivity index (χ0v) is 10.8. The van der Waals surface area contributed by atoms with Crippen LogP contribution in [0.3, 0.4) is 0 Å². The summed E-state index contributed by atoms with van der Waals surface area (Å²) >= 11 is 0. The molecule has 0 N–H and O–H groups in total. The molecule has 2 atom stereocenters. The van der Waals surface area contributed by atoms with Crippen LogP contribution < -0.4 is 0 Å². The van der Waals surface area contributed by atoms with Gasteiger partial charge < -0.3 is 4.74 Å². The molecule has 0 radical (unpaired) electrons. The van der Waals surface area contributed by atoms with Crippen molar-refractivity contribution in [3.05, 3.63) is 0 Å². The lowest BCUT2D eigenvalue weighted by molar-refractivity contribution is -0.124. The molecule has 1 fully saturated rings. The Balaban J connectivity index is 2.02. The van der Waals surface area contributed by atoms with Gasteiger partial charge in [0.1, 0.15) is 5.78 Å². The lowest BCUT2D eigenvalue weighted by Crippen LogP contribution is -2.21. The molecule has 1 saturated heterocycles. The molecule has 0 spiro atoms. The van der Waals surface area contributed by atoms with Crippen molar-refractivity contribution < 1.29 is 9.53 Å². The normalized spacial score (nSPS) is 24.9. The molecule has 2 nitrogen and oxygen atoms in total. The third-order valence-corrected chi connectivity index (χ3v) is 3.57. The first-order valence-corrected chi connectivity index (χ1v) is 6.90. The smallest absolute Gasteiger partial charge is 0.138 e. The molecular formula is C14H26O2. The molecule has 1 rings (SSSR count). The molecule has 0 aromatic rings. The van der Waals surface area contributed by atoms with E-state index in [0.29, 0.717) is 5.78 Å². The maximum Gasteiger partial charge on any atom is 0.138 e. The summed E-state index contributed by atoms with van der Waals surface area (Å²) in [5.74, 6) is 0.621. The number of carbonyl (C=O) groups is 1. The van der Waals surface area contributed by atoms with Crippen LogP contribution in [-0.2, 0) is 9.53 Å². The summed E-state index contributed by atoms with van der Waals surface area (Å²) in [7, 11) is 0. The fraction of sp³-hybridized carbons (Fsp3) is 0.929. The van der Waals surface area contributed by atoms with Gasteiger partial charge >= 0.3 is 0 Å². The van der Waals surface area contributed by atoms with Crippen molar-refractivity contribution in [2.24, 2.45) is 5.92 Å². The van der Waals surface area contributed by atoms with E-state index < -0.39 is 0 Å². The SMILES string of the molecule is CCCCCCCCC(=O)C1CCOC1C. The summed E-state index contributed by atoms with van der Waals surface area (Å²) in [5.41, 5.74) is 0. The number of hydrogen-bond acceptors (Lipinski definition) is 2. The van der Waals surface area contributed by atoms with E-state index in [4.69, 9.17) is 4.74 Å². The number of unbranched alkanes of at least 4 members (excludes halogenated alkanes) is 5. The lowest BCUT2D eigenvalue weighted by Gasteiger charge is -2.12. The number of ether oxygens (including phenoxy) is 1. The third-order valence-electron chi connectivity index (χ3n) is 3.57. The van der Waals surface area contributed by atoms with E-state index in [1.807, 2.05) is 6.92 Å². The van der Waals surface area contributed by atoms with E-state index in [9.17, 15) is 4.79 Å². The molecule has 1 aliphatic heterocycles. The minimum absolute atomic E-state index is 0.160. The Morgan fingerprint density at radius 2 is 1.88 bits per heavy atom. The lowest BCUT2D eigenvalue weighted by atomic mass is 9.93. The molecule has 94 valence electrons. The fourth-order valence-corrected chi connectivity index (χ4v) is 2.42. The van der Waals surface area contributed by atoms with Gasteiger partial charge in [-0.3, -0.25) is 4.79 Å². The number of carbonyl (C=O) groups excluding carboxylic acids is 1. The molecule has 0 aliphatic carbocycles. The predicted molar refractivity (Wildman–Crippen MR) is 66.5 cm³/mol. The van der Waals surface area contributed by atoms with Crippen LogP contribution in [0.25, 0.3) is 0 Å². The van der Waals surface area contributed by atoms with Crippen LogP contribution in [0.1, 0.15) is 65.2 Å². The highest BCUT2D eigenvalue weighted by atomic mass is 16.5. The van der Waals surface area contributed by atoms with Crippen LogP contribution in [0.15, 0.2) is 0 Å². The Morgan fingerprint density at radius 3 is 2.50 bits per heavy atom. The maximum absolute atomic E-state index is 11.9. The fourth-order valence-electron chi connectivity index (χ4n) is 2.42. The average Bonchev–Trinajstić information content (AvgIpc) is 2.69. The van der Waals surface area contributed by atoms with Gasteiger partial charge in [-0.05, 0) is 19.8 Å². The zero-order valence-electron chi connectivity index (χ0n) is 10.8. The van der Waals surface area contributed by atoms with Gasteiger partial charge in [0.2, 0.25) is 0 Å². The van der Waals surface area contributed by atoms with Crippen LogP contribution in [0.5, 0.6) is 0 Å². The molecule has 0 bridgehead atoms.